The van der Waals surface area contributed by atoms with E-state index >= 15 is 0 Å². The van der Waals surface area contributed by atoms with Gasteiger partial charge in [-0.25, -0.2) is 22.0 Å². The van der Waals surface area contributed by atoms with E-state index in [2.05, 4.69) is 5.32 Å². The first-order valence-electron chi connectivity index (χ1n) is 11.9. The summed E-state index contributed by atoms with van der Waals surface area (Å²) in [4.78, 5) is 33.8. The van der Waals surface area contributed by atoms with Crippen LogP contribution in [0.15, 0.2) is 82.7 Å². The summed E-state index contributed by atoms with van der Waals surface area (Å²) in [5.74, 6) is -1.05. The van der Waals surface area contributed by atoms with Crippen molar-refractivity contribution in [3.8, 4) is 0 Å². The first-order chi connectivity index (χ1) is 18.1. The Bertz CT molecular complexity index is 1530. The van der Waals surface area contributed by atoms with E-state index in [0.29, 0.717) is 16.7 Å². The Hall–Kier alpha value is -4.12. The fourth-order valence-electron chi connectivity index (χ4n) is 4.70. The second-order valence-corrected chi connectivity index (χ2v) is 11.2. The quantitative estimate of drug-likeness (QED) is 0.550. The molecule has 11 heteroatoms. The maximum absolute atomic E-state index is 14.4. The Morgan fingerprint density at radius 1 is 0.974 bits per heavy atom. The molecule has 2 atom stereocenters. The molecule has 1 saturated heterocycles. The van der Waals surface area contributed by atoms with Crippen LogP contribution in [-0.2, 0) is 14.6 Å². The van der Waals surface area contributed by atoms with Gasteiger partial charge in [0, 0.05) is 24.9 Å². The Kier molecular flexibility index (Phi) is 6.70. The van der Waals surface area contributed by atoms with Crippen LogP contribution in [0.1, 0.15) is 28.8 Å². The number of urea groups is 1. The molecule has 2 aliphatic rings. The van der Waals surface area contributed by atoms with Crippen molar-refractivity contribution < 1.29 is 26.8 Å². The van der Waals surface area contributed by atoms with Gasteiger partial charge in [-0.3, -0.25) is 14.7 Å². The molecule has 0 spiro atoms. The number of carbonyl (C=O) groups is 2. The SMILES string of the molecule is CS(=O)(=O)c1ccc(C2N=C(c3ccc(F)cc3)N(C(=O)N3CCNC(=O)C3)C2c2cccc(F)c2)cc1. The zero-order valence-electron chi connectivity index (χ0n) is 20.3. The maximum Gasteiger partial charge on any atom is 0.326 e. The number of benzene rings is 3. The molecule has 2 heterocycles. The van der Waals surface area contributed by atoms with E-state index < -0.39 is 39.6 Å². The fraction of sp³-hybridized carbons (Fsp3) is 0.222. The number of carbonyl (C=O) groups excluding carboxylic acids is 2. The van der Waals surface area contributed by atoms with E-state index in [-0.39, 0.29) is 36.3 Å². The number of amides is 3. The molecule has 3 aromatic rings. The van der Waals surface area contributed by atoms with E-state index in [9.17, 15) is 26.8 Å². The van der Waals surface area contributed by atoms with Gasteiger partial charge in [0.15, 0.2) is 9.84 Å². The second-order valence-electron chi connectivity index (χ2n) is 9.17. The normalized spacial score (nSPS) is 19.8. The molecule has 196 valence electrons. The molecule has 0 radical (unpaired) electrons. The molecule has 2 aliphatic heterocycles. The van der Waals surface area contributed by atoms with Gasteiger partial charge >= 0.3 is 6.03 Å². The van der Waals surface area contributed by atoms with Gasteiger partial charge < -0.3 is 10.2 Å². The van der Waals surface area contributed by atoms with E-state index in [0.717, 1.165) is 6.26 Å². The van der Waals surface area contributed by atoms with E-state index in [1.54, 1.807) is 18.2 Å². The number of hydrogen-bond donors (Lipinski definition) is 1. The van der Waals surface area contributed by atoms with E-state index in [1.807, 2.05) is 0 Å². The molecule has 0 bridgehead atoms. The summed E-state index contributed by atoms with van der Waals surface area (Å²) in [6, 6.07) is 15.4. The van der Waals surface area contributed by atoms with Crippen molar-refractivity contribution in [2.75, 3.05) is 25.9 Å². The van der Waals surface area contributed by atoms with Crippen molar-refractivity contribution in [1.82, 2.24) is 15.1 Å². The molecule has 5 rings (SSSR count). The van der Waals surface area contributed by atoms with Gasteiger partial charge in [0.25, 0.3) is 0 Å². The van der Waals surface area contributed by atoms with Crippen LogP contribution >= 0.6 is 0 Å². The molecule has 0 aliphatic carbocycles. The average molecular weight is 539 g/mol. The highest BCUT2D eigenvalue weighted by molar-refractivity contribution is 7.90. The predicted molar refractivity (Wildman–Crippen MR) is 136 cm³/mol. The van der Waals surface area contributed by atoms with Crippen LogP contribution in [0.2, 0.25) is 0 Å². The number of rotatable bonds is 4. The van der Waals surface area contributed by atoms with Crippen molar-refractivity contribution >= 4 is 27.6 Å². The molecule has 8 nitrogen and oxygen atoms in total. The van der Waals surface area contributed by atoms with Crippen LogP contribution in [-0.4, -0.2) is 61.9 Å². The third-order valence-corrected chi connectivity index (χ3v) is 7.65. The summed E-state index contributed by atoms with van der Waals surface area (Å²) in [5.41, 5.74) is 1.51. The molecular formula is C27H24F2N4O4S. The number of piperazine rings is 1. The number of sulfone groups is 1. The van der Waals surface area contributed by atoms with Crippen LogP contribution in [0.5, 0.6) is 0 Å². The molecular weight excluding hydrogens is 514 g/mol. The van der Waals surface area contributed by atoms with Crippen LogP contribution in [0.25, 0.3) is 0 Å². The lowest BCUT2D eigenvalue weighted by atomic mass is 9.93. The molecule has 3 amide bonds. The van der Waals surface area contributed by atoms with Gasteiger partial charge in [-0.1, -0.05) is 24.3 Å². The molecule has 1 fully saturated rings. The molecule has 1 N–H and O–H groups in total. The van der Waals surface area contributed by atoms with Gasteiger partial charge in [-0.15, -0.1) is 0 Å². The summed E-state index contributed by atoms with van der Waals surface area (Å²) >= 11 is 0. The Morgan fingerprint density at radius 3 is 2.32 bits per heavy atom. The summed E-state index contributed by atoms with van der Waals surface area (Å²) in [6.45, 7) is 0.388. The largest absolute Gasteiger partial charge is 0.353 e. The lowest BCUT2D eigenvalue weighted by molar-refractivity contribution is -0.123. The van der Waals surface area contributed by atoms with Crippen molar-refractivity contribution in [2.45, 2.75) is 17.0 Å². The van der Waals surface area contributed by atoms with Crippen molar-refractivity contribution in [3.05, 3.63) is 101 Å². The van der Waals surface area contributed by atoms with E-state index in [4.69, 9.17) is 4.99 Å². The summed E-state index contributed by atoms with van der Waals surface area (Å²) in [7, 11) is -3.45. The Balaban J connectivity index is 1.67. The van der Waals surface area contributed by atoms with Crippen molar-refractivity contribution in [3.63, 3.8) is 0 Å². The predicted octanol–water partition coefficient (Wildman–Crippen LogP) is 3.46. The van der Waals surface area contributed by atoms with Crippen molar-refractivity contribution in [2.24, 2.45) is 4.99 Å². The standard InChI is InChI=1S/C27H24F2N4O4S/c1-38(36,37)22-11-7-17(8-12-22)24-25(19-3-2-4-21(29)15-19)33(27(35)32-14-13-30-23(34)16-32)26(31-24)18-5-9-20(28)10-6-18/h2-12,15,24-25H,13-14,16H2,1H3,(H,30,34). The monoisotopic (exact) mass is 538 g/mol. The topological polar surface area (TPSA) is 99.2 Å². The van der Waals surface area contributed by atoms with Gasteiger partial charge in [0.05, 0.1) is 10.9 Å². The maximum atomic E-state index is 14.4. The summed E-state index contributed by atoms with van der Waals surface area (Å²) in [6.07, 6.45) is 1.10. The van der Waals surface area contributed by atoms with Gasteiger partial charge in [-0.2, -0.15) is 0 Å². The van der Waals surface area contributed by atoms with Crippen LogP contribution in [0, 0.1) is 11.6 Å². The van der Waals surface area contributed by atoms with Crippen LogP contribution < -0.4 is 5.32 Å². The van der Waals surface area contributed by atoms with E-state index in [1.165, 1.54) is 64.4 Å². The average Bonchev–Trinajstić information content (AvgIpc) is 3.29. The van der Waals surface area contributed by atoms with Crippen LogP contribution in [0.4, 0.5) is 13.6 Å². The Morgan fingerprint density at radius 2 is 1.68 bits per heavy atom. The number of amidine groups is 1. The lowest BCUT2D eigenvalue weighted by Gasteiger charge is -2.35. The Labute approximate surface area is 218 Å². The summed E-state index contributed by atoms with van der Waals surface area (Å²) < 4.78 is 52.2. The minimum Gasteiger partial charge on any atom is -0.353 e. The molecule has 0 aromatic heterocycles. The number of hydrogen-bond acceptors (Lipinski definition) is 5. The summed E-state index contributed by atoms with van der Waals surface area (Å²) in [5, 5.41) is 2.69. The van der Waals surface area contributed by atoms with Crippen molar-refractivity contribution in [1.29, 1.82) is 0 Å². The molecule has 0 saturated carbocycles. The molecule has 3 aromatic carbocycles. The van der Waals surface area contributed by atoms with Gasteiger partial charge in [0.1, 0.15) is 30.1 Å². The first kappa shape index (κ1) is 25.5. The third-order valence-electron chi connectivity index (χ3n) is 6.52. The molecule has 2 unspecified atom stereocenters. The smallest absolute Gasteiger partial charge is 0.326 e. The minimum atomic E-state index is -3.45. The number of nitrogens with zero attached hydrogens (tertiary/aromatic N) is 3. The van der Waals surface area contributed by atoms with Gasteiger partial charge in [-0.05, 0) is 59.7 Å². The zero-order valence-corrected chi connectivity index (χ0v) is 21.2. The first-order valence-corrected chi connectivity index (χ1v) is 13.7. The lowest BCUT2D eigenvalue weighted by Crippen LogP contribution is -2.55. The minimum absolute atomic E-state index is 0.122. The highest BCUT2D eigenvalue weighted by Gasteiger charge is 2.44. The third kappa shape index (κ3) is 5.01. The van der Waals surface area contributed by atoms with Gasteiger partial charge in [0.2, 0.25) is 5.91 Å². The fourth-order valence-corrected chi connectivity index (χ4v) is 5.34. The van der Waals surface area contributed by atoms with Crippen LogP contribution in [0.3, 0.4) is 0 Å². The highest BCUT2D eigenvalue weighted by atomic mass is 32.2. The number of aliphatic imine (C=N–C) groups is 1. The second kappa shape index (κ2) is 9.97. The molecule has 38 heavy (non-hydrogen) atoms. The number of nitrogens with one attached hydrogen (secondary N) is 1. The number of halogens is 2. The zero-order chi connectivity index (χ0) is 27.0. The highest BCUT2D eigenvalue weighted by Crippen LogP contribution is 2.44.